The molecule has 0 aliphatic heterocycles. The Kier molecular flexibility index (Phi) is 5.40. The summed E-state index contributed by atoms with van der Waals surface area (Å²) in [7, 11) is 0. The largest absolute Gasteiger partial charge is 0.611 e. The van der Waals surface area contributed by atoms with Crippen LogP contribution < -0.4 is 0 Å². The molecule has 0 saturated heterocycles. The van der Waals surface area contributed by atoms with Gasteiger partial charge in [-0.3, -0.25) is 0 Å². The van der Waals surface area contributed by atoms with E-state index in [1.165, 1.54) is 24.3 Å². The van der Waals surface area contributed by atoms with Gasteiger partial charge in [0, 0.05) is 6.42 Å². The molecule has 0 aromatic heterocycles. The minimum absolute atomic E-state index is 0.105. The molecule has 0 amide bonds. The zero-order chi connectivity index (χ0) is 13.5. The Morgan fingerprint density at radius 1 is 1.39 bits per heavy atom. The van der Waals surface area contributed by atoms with E-state index in [1.807, 2.05) is 0 Å². The molecule has 0 saturated carbocycles. The van der Waals surface area contributed by atoms with Crippen LogP contribution in [0.25, 0.3) is 0 Å². The van der Waals surface area contributed by atoms with Crippen molar-refractivity contribution in [3.63, 3.8) is 0 Å². The van der Waals surface area contributed by atoms with Crippen LogP contribution in [0.1, 0.15) is 16.8 Å². The van der Waals surface area contributed by atoms with Gasteiger partial charge in [-0.15, -0.1) is 10.1 Å². The molecule has 1 unspecified atom stereocenters. The molecule has 0 heterocycles. The fourth-order valence-corrected chi connectivity index (χ4v) is 2.25. The van der Waals surface area contributed by atoms with Crippen molar-refractivity contribution in [3.05, 3.63) is 39.9 Å². The van der Waals surface area contributed by atoms with Crippen LogP contribution in [0.15, 0.2) is 29.2 Å². The Balaban J connectivity index is 2.44. The van der Waals surface area contributed by atoms with E-state index in [9.17, 15) is 19.5 Å². The average Bonchev–Trinajstić information content (AvgIpc) is 2.34. The van der Waals surface area contributed by atoms with Gasteiger partial charge in [0.25, 0.3) is 5.09 Å². The normalized spacial score (nSPS) is 11.8. The second kappa shape index (κ2) is 6.82. The molecule has 0 bridgehead atoms. The number of carboxylic acid groups (broad SMARTS) is 1. The SMILES string of the molecule is O=C(O)c1ccc([S+]([O-])CCCO[N+](=O)[O-])cc1. The first-order valence-electron chi connectivity index (χ1n) is 4.99. The molecule has 1 atom stereocenters. The van der Waals surface area contributed by atoms with Gasteiger partial charge in [0.15, 0.2) is 4.90 Å². The van der Waals surface area contributed by atoms with E-state index in [0.717, 1.165) is 0 Å². The van der Waals surface area contributed by atoms with Gasteiger partial charge >= 0.3 is 5.97 Å². The van der Waals surface area contributed by atoms with Crippen LogP contribution in [0.4, 0.5) is 0 Å². The first-order valence-corrected chi connectivity index (χ1v) is 6.31. The van der Waals surface area contributed by atoms with E-state index < -0.39 is 22.2 Å². The second-order valence-corrected chi connectivity index (χ2v) is 4.86. The monoisotopic (exact) mass is 273 g/mol. The molecular weight excluding hydrogens is 262 g/mol. The number of carbonyl (C=O) groups is 1. The van der Waals surface area contributed by atoms with Crippen LogP contribution in [0.5, 0.6) is 0 Å². The molecule has 18 heavy (non-hydrogen) atoms. The summed E-state index contributed by atoms with van der Waals surface area (Å²) in [6.45, 7) is -0.105. The quantitative estimate of drug-likeness (QED) is 0.344. The summed E-state index contributed by atoms with van der Waals surface area (Å²) in [6.07, 6.45) is 0.286. The van der Waals surface area contributed by atoms with E-state index in [1.54, 1.807) is 0 Å². The van der Waals surface area contributed by atoms with Gasteiger partial charge in [-0.25, -0.2) is 4.79 Å². The highest BCUT2D eigenvalue weighted by atomic mass is 32.2. The van der Waals surface area contributed by atoms with Crippen molar-refractivity contribution in [1.29, 1.82) is 0 Å². The van der Waals surface area contributed by atoms with Gasteiger partial charge in [-0.1, -0.05) is 0 Å². The summed E-state index contributed by atoms with van der Waals surface area (Å²) in [5.74, 6) is -0.827. The summed E-state index contributed by atoms with van der Waals surface area (Å²) in [5.41, 5.74) is 0.118. The van der Waals surface area contributed by atoms with Crippen molar-refractivity contribution in [2.75, 3.05) is 12.4 Å². The Morgan fingerprint density at radius 2 is 2.00 bits per heavy atom. The van der Waals surface area contributed by atoms with Crippen LogP contribution in [-0.2, 0) is 16.0 Å². The topological polar surface area (TPSA) is 113 Å². The van der Waals surface area contributed by atoms with E-state index in [4.69, 9.17) is 5.11 Å². The molecule has 0 spiro atoms. The van der Waals surface area contributed by atoms with Crippen molar-refractivity contribution >= 4 is 17.1 Å². The number of nitrogens with zero attached hydrogens (tertiary/aromatic N) is 1. The fraction of sp³-hybridized carbons (Fsp3) is 0.300. The lowest BCUT2D eigenvalue weighted by molar-refractivity contribution is -0.757. The highest BCUT2D eigenvalue weighted by Crippen LogP contribution is 2.13. The Morgan fingerprint density at radius 3 is 2.50 bits per heavy atom. The van der Waals surface area contributed by atoms with Crippen molar-refractivity contribution < 1.29 is 24.4 Å². The maximum atomic E-state index is 11.7. The first kappa shape index (κ1) is 14.3. The zero-order valence-corrected chi connectivity index (χ0v) is 10.1. The molecule has 98 valence electrons. The van der Waals surface area contributed by atoms with E-state index in [0.29, 0.717) is 4.90 Å². The minimum atomic E-state index is -1.32. The van der Waals surface area contributed by atoms with E-state index in [2.05, 4.69) is 4.84 Å². The number of aromatic carboxylic acids is 1. The third-order valence-electron chi connectivity index (χ3n) is 2.03. The van der Waals surface area contributed by atoms with Gasteiger partial charge in [-0.05, 0) is 35.4 Å². The third-order valence-corrected chi connectivity index (χ3v) is 3.49. The highest BCUT2D eigenvalue weighted by Gasteiger charge is 2.12. The summed E-state index contributed by atoms with van der Waals surface area (Å²) >= 11 is -1.32. The number of hydrogen-bond acceptors (Lipinski definition) is 5. The summed E-state index contributed by atoms with van der Waals surface area (Å²) in [5, 5.41) is 17.7. The predicted octanol–water partition coefficient (Wildman–Crippen LogP) is 1.09. The zero-order valence-electron chi connectivity index (χ0n) is 9.27. The van der Waals surface area contributed by atoms with Crippen LogP contribution >= 0.6 is 0 Å². The lowest BCUT2D eigenvalue weighted by atomic mass is 10.2. The maximum absolute atomic E-state index is 11.7. The minimum Gasteiger partial charge on any atom is -0.611 e. The van der Waals surface area contributed by atoms with Gasteiger partial charge in [0.2, 0.25) is 0 Å². The van der Waals surface area contributed by atoms with Crippen molar-refractivity contribution in [2.45, 2.75) is 11.3 Å². The van der Waals surface area contributed by atoms with Crippen molar-refractivity contribution in [1.82, 2.24) is 0 Å². The summed E-state index contributed by atoms with van der Waals surface area (Å²) in [4.78, 5) is 25.0. The number of carboxylic acids is 1. The van der Waals surface area contributed by atoms with Gasteiger partial charge in [-0.2, -0.15) is 0 Å². The molecular formula is C10H11NO6S. The number of rotatable bonds is 7. The molecule has 1 N–H and O–H groups in total. The van der Waals surface area contributed by atoms with Gasteiger partial charge < -0.3 is 14.5 Å². The molecule has 8 heteroatoms. The first-order chi connectivity index (χ1) is 8.50. The summed E-state index contributed by atoms with van der Waals surface area (Å²) < 4.78 is 11.7. The lowest BCUT2D eigenvalue weighted by Crippen LogP contribution is -2.11. The van der Waals surface area contributed by atoms with Crippen LogP contribution in [0.3, 0.4) is 0 Å². The summed E-state index contributed by atoms with van der Waals surface area (Å²) in [6, 6.07) is 5.66. The van der Waals surface area contributed by atoms with Crippen molar-refractivity contribution in [3.8, 4) is 0 Å². The molecule has 1 aromatic carbocycles. The third kappa shape index (κ3) is 4.60. The standard InChI is InChI=1S/C10H11NO6S/c12-10(13)8-2-4-9(5-3-8)18(16)7-1-6-17-11(14)15/h2-5H,1,6-7H2,(H,12,13). The van der Waals surface area contributed by atoms with Crippen LogP contribution in [-0.4, -0.2) is 33.1 Å². The van der Waals surface area contributed by atoms with Crippen LogP contribution in [0.2, 0.25) is 0 Å². The number of hydrogen-bond donors (Lipinski definition) is 1. The Hall–Kier alpha value is -1.80. The fourth-order valence-electron chi connectivity index (χ4n) is 1.20. The van der Waals surface area contributed by atoms with Gasteiger partial charge in [0.1, 0.15) is 12.4 Å². The molecule has 0 aliphatic rings. The molecule has 1 aromatic rings. The average molecular weight is 273 g/mol. The smallest absolute Gasteiger partial charge is 0.335 e. The van der Waals surface area contributed by atoms with E-state index >= 15 is 0 Å². The Bertz CT molecular complexity index is 421. The van der Waals surface area contributed by atoms with Crippen LogP contribution in [0, 0.1) is 10.1 Å². The van der Waals surface area contributed by atoms with E-state index in [-0.39, 0.29) is 24.3 Å². The second-order valence-electron chi connectivity index (χ2n) is 3.29. The molecule has 7 nitrogen and oxygen atoms in total. The molecule has 0 radical (unpaired) electrons. The van der Waals surface area contributed by atoms with Crippen molar-refractivity contribution in [2.24, 2.45) is 0 Å². The van der Waals surface area contributed by atoms with Gasteiger partial charge in [0.05, 0.1) is 5.56 Å². The highest BCUT2D eigenvalue weighted by molar-refractivity contribution is 7.91. The molecule has 0 aliphatic carbocycles. The predicted molar refractivity (Wildman–Crippen MR) is 62.2 cm³/mol. The maximum Gasteiger partial charge on any atom is 0.335 e. The lowest BCUT2D eigenvalue weighted by Gasteiger charge is -2.09. The molecule has 1 rings (SSSR count). The number of benzene rings is 1. The molecule has 0 fully saturated rings. The Labute approximate surface area is 106 Å².